The Kier molecular flexibility index (Phi) is 3.56. The molecule has 2 aliphatic rings. The van der Waals surface area contributed by atoms with E-state index in [1.807, 2.05) is 20.8 Å². The van der Waals surface area contributed by atoms with Crippen molar-refractivity contribution in [3.05, 3.63) is 0 Å². The summed E-state index contributed by atoms with van der Waals surface area (Å²) in [6.07, 6.45) is 1.86. The van der Waals surface area contributed by atoms with Gasteiger partial charge in [0.25, 0.3) is 0 Å². The van der Waals surface area contributed by atoms with E-state index in [2.05, 4.69) is 12.2 Å². The molecule has 2 aliphatic heterocycles. The number of likely N-dealkylation sites (tertiary alicyclic amines) is 1. The van der Waals surface area contributed by atoms with E-state index in [0.29, 0.717) is 13.1 Å². The highest BCUT2D eigenvalue weighted by Gasteiger charge is 2.44. The summed E-state index contributed by atoms with van der Waals surface area (Å²) in [7, 11) is 0. The topological polar surface area (TPSA) is 50.8 Å². The Hall–Kier alpha value is -0.810. The standard InChI is InChI=1S/C13H24N2O3/c1-10-5-7-14-13(17-10)6-8-15(9-13)11(16)18-12(2,3)4/h10,14H,5-9H2,1-4H3. The zero-order valence-electron chi connectivity index (χ0n) is 11.8. The highest BCUT2D eigenvalue weighted by Crippen LogP contribution is 2.28. The summed E-state index contributed by atoms with van der Waals surface area (Å²) < 4.78 is 11.4. The van der Waals surface area contributed by atoms with E-state index in [1.54, 1.807) is 4.90 Å². The summed E-state index contributed by atoms with van der Waals surface area (Å²) in [6, 6.07) is 0. The molecule has 2 unspecified atom stereocenters. The van der Waals surface area contributed by atoms with Crippen LogP contribution in [-0.4, -0.2) is 48.1 Å². The summed E-state index contributed by atoms with van der Waals surface area (Å²) in [5.41, 5.74) is -0.796. The first-order chi connectivity index (χ1) is 8.30. The molecular formula is C13H24N2O3. The molecule has 0 aromatic heterocycles. The predicted molar refractivity (Wildman–Crippen MR) is 68.3 cm³/mol. The Balaban J connectivity index is 1.93. The first kappa shape index (κ1) is 13.6. The molecule has 2 rings (SSSR count). The van der Waals surface area contributed by atoms with Gasteiger partial charge in [-0.2, -0.15) is 0 Å². The van der Waals surface area contributed by atoms with Crippen LogP contribution in [0.2, 0.25) is 0 Å². The van der Waals surface area contributed by atoms with Gasteiger partial charge in [-0.25, -0.2) is 4.79 Å². The van der Waals surface area contributed by atoms with Gasteiger partial charge in [0.1, 0.15) is 11.3 Å². The molecule has 5 nitrogen and oxygen atoms in total. The molecule has 0 aliphatic carbocycles. The summed E-state index contributed by atoms with van der Waals surface area (Å²) in [6.45, 7) is 9.94. The van der Waals surface area contributed by atoms with Gasteiger partial charge in [0, 0.05) is 19.5 Å². The Bertz CT molecular complexity index is 327. The maximum atomic E-state index is 12.0. The molecule has 2 saturated heterocycles. The Labute approximate surface area is 109 Å². The number of hydrogen-bond acceptors (Lipinski definition) is 4. The van der Waals surface area contributed by atoms with Crippen LogP contribution in [0.15, 0.2) is 0 Å². The number of amides is 1. The smallest absolute Gasteiger partial charge is 0.410 e. The van der Waals surface area contributed by atoms with E-state index in [-0.39, 0.29) is 17.9 Å². The minimum atomic E-state index is -0.443. The van der Waals surface area contributed by atoms with Crippen LogP contribution in [0, 0.1) is 0 Å². The molecule has 1 spiro atoms. The molecule has 2 atom stereocenters. The number of carbonyl (C=O) groups is 1. The Morgan fingerprint density at radius 2 is 2.22 bits per heavy atom. The van der Waals surface area contributed by atoms with Gasteiger partial charge in [0.15, 0.2) is 0 Å². The number of nitrogens with zero attached hydrogens (tertiary/aromatic N) is 1. The van der Waals surface area contributed by atoms with Gasteiger partial charge in [-0.15, -0.1) is 0 Å². The van der Waals surface area contributed by atoms with Crippen LogP contribution >= 0.6 is 0 Å². The molecule has 0 saturated carbocycles. The lowest BCUT2D eigenvalue weighted by Crippen LogP contribution is -2.56. The van der Waals surface area contributed by atoms with Crippen LogP contribution in [0.25, 0.3) is 0 Å². The SMILES string of the molecule is CC1CCNC2(CCN(C(=O)OC(C)(C)C)C2)O1. The fourth-order valence-corrected chi connectivity index (χ4v) is 2.49. The molecule has 2 fully saturated rings. The molecule has 0 aromatic carbocycles. The van der Waals surface area contributed by atoms with Gasteiger partial charge < -0.3 is 14.4 Å². The maximum Gasteiger partial charge on any atom is 0.410 e. The molecule has 1 amide bonds. The van der Waals surface area contributed by atoms with Crippen LogP contribution in [0.1, 0.15) is 40.5 Å². The molecule has 1 N–H and O–H groups in total. The second-order valence-corrected chi connectivity index (χ2v) is 6.29. The lowest BCUT2D eigenvalue weighted by Gasteiger charge is -2.38. The van der Waals surface area contributed by atoms with Gasteiger partial charge in [0.05, 0.1) is 12.6 Å². The fourth-order valence-electron chi connectivity index (χ4n) is 2.49. The Morgan fingerprint density at radius 3 is 2.83 bits per heavy atom. The van der Waals surface area contributed by atoms with Gasteiger partial charge in [-0.3, -0.25) is 5.32 Å². The maximum absolute atomic E-state index is 12.0. The van der Waals surface area contributed by atoms with Crippen molar-refractivity contribution < 1.29 is 14.3 Å². The van der Waals surface area contributed by atoms with E-state index in [9.17, 15) is 4.79 Å². The van der Waals surface area contributed by atoms with Gasteiger partial charge >= 0.3 is 6.09 Å². The molecule has 5 heteroatoms. The van der Waals surface area contributed by atoms with Crippen molar-refractivity contribution in [3.63, 3.8) is 0 Å². The van der Waals surface area contributed by atoms with E-state index in [0.717, 1.165) is 19.4 Å². The molecule has 0 radical (unpaired) electrons. The van der Waals surface area contributed by atoms with Crippen LogP contribution in [0.3, 0.4) is 0 Å². The first-order valence-corrected chi connectivity index (χ1v) is 6.70. The van der Waals surface area contributed by atoms with Crippen LogP contribution in [0.4, 0.5) is 4.79 Å². The number of rotatable bonds is 0. The minimum absolute atomic E-state index is 0.247. The molecule has 2 heterocycles. The van der Waals surface area contributed by atoms with Gasteiger partial charge in [0.2, 0.25) is 0 Å². The summed E-state index contributed by atoms with van der Waals surface area (Å²) >= 11 is 0. The third-order valence-corrected chi connectivity index (χ3v) is 3.31. The van der Waals surface area contributed by atoms with Crippen molar-refractivity contribution in [3.8, 4) is 0 Å². The number of carbonyl (C=O) groups excluding carboxylic acids is 1. The summed E-state index contributed by atoms with van der Waals surface area (Å²) in [5, 5.41) is 3.40. The predicted octanol–water partition coefficient (Wildman–Crippen LogP) is 1.72. The quantitative estimate of drug-likeness (QED) is 0.717. The van der Waals surface area contributed by atoms with Crippen molar-refractivity contribution in [1.82, 2.24) is 10.2 Å². The highest BCUT2D eigenvalue weighted by molar-refractivity contribution is 5.68. The average Bonchev–Trinajstić information content (AvgIpc) is 2.59. The molecule has 18 heavy (non-hydrogen) atoms. The zero-order chi connectivity index (χ0) is 13.4. The lowest BCUT2D eigenvalue weighted by atomic mass is 10.1. The third kappa shape index (κ3) is 3.14. The largest absolute Gasteiger partial charge is 0.444 e. The average molecular weight is 256 g/mol. The van der Waals surface area contributed by atoms with E-state index in [1.165, 1.54) is 0 Å². The summed E-state index contributed by atoms with van der Waals surface area (Å²) in [5.74, 6) is 0. The highest BCUT2D eigenvalue weighted by atomic mass is 16.6. The Morgan fingerprint density at radius 1 is 1.50 bits per heavy atom. The van der Waals surface area contributed by atoms with Crippen molar-refractivity contribution in [2.75, 3.05) is 19.6 Å². The third-order valence-electron chi connectivity index (χ3n) is 3.31. The van der Waals surface area contributed by atoms with Crippen LogP contribution in [-0.2, 0) is 9.47 Å². The van der Waals surface area contributed by atoms with Crippen molar-refractivity contribution >= 4 is 6.09 Å². The van der Waals surface area contributed by atoms with Crippen LogP contribution in [0.5, 0.6) is 0 Å². The zero-order valence-corrected chi connectivity index (χ0v) is 11.8. The fraction of sp³-hybridized carbons (Fsp3) is 0.923. The molecular weight excluding hydrogens is 232 g/mol. The number of nitrogens with one attached hydrogen (secondary N) is 1. The lowest BCUT2D eigenvalue weighted by molar-refractivity contribution is -0.127. The van der Waals surface area contributed by atoms with Gasteiger partial charge in [-0.1, -0.05) is 0 Å². The molecule has 0 bridgehead atoms. The van der Waals surface area contributed by atoms with Gasteiger partial charge in [-0.05, 0) is 34.1 Å². The summed E-state index contributed by atoms with van der Waals surface area (Å²) in [4.78, 5) is 13.7. The van der Waals surface area contributed by atoms with Crippen LogP contribution < -0.4 is 5.32 Å². The molecule has 104 valence electrons. The second kappa shape index (κ2) is 4.70. The number of ether oxygens (including phenoxy) is 2. The van der Waals surface area contributed by atoms with Crippen molar-refractivity contribution in [2.24, 2.45) is 0 Å². The second-order valence-electron chi connectivity index (χ2n) is 6.29. The van der Waals surface area contributed by atoms with Crippen molar-refractivity contribution in [2.45, 2.75) is 58.0 Å². The van der Waals surface area contributed by atoms with Crippen molar-refractivity contribution in [1.29, 1.82) is 0 Å². The first-order valence-electron chi connectivity index (χ1n) is 6.70. The number of hydrogen-bond donors (Lipinski definition) is 1. The molecule has 0 aromatic rings. The minimum Gasteiger partial charge on any atom is -0.444 e. The van der Waals surface area contributed by atoms with E-state index in [4.69, 9.17) is 9.47 Å². The van der Waals surface area contributed by atoms with E-state index >= 15 is 0 Å². The monoisotopic (exact) mass is 256 g/mol. The van der Waals surface area contributed by atoms with E-state index < -0.39 is 5.60 Å². The normalized spacial score (nSPS) is 32.9.